The average molecular weight is 477 g/mol. The van der Waals surface area contributed by atoms with Crippen molar-refractivity contribution in [3.05, 3.63) is 77.2 Å². The molecule has 1 heterocycles. The Bertz CT molecular complexity index is 1210. The molecule has 0 unspecified atom stereocenters. The average Bonchev–Trinajstić information content (AvgIpc) is 2.75. The Labute approximate surface area is 191 Å². The number of halogens is 4. The van der Waals surface area contributed by atoms with Gasteiger partial charge in [-0.25, -0.2) is 9.37 Å². The molecule has 0 radical (unpaired) electrons. The molecule has 0 spiro atoms. The Morgan fingerprint density at radius 1 is 1.06 bits per heavy atom. The van der Waals surface area contributed by atoms with Gasteiger partial charge in [0.1, 0.15) is 11.3 Å². The lowest BCUT2D eigenvalue weighted by Crippen LogP contribution is -2.16. The van der Waals surface area contributed by atoms with Crippen LogP contribution in [0.4, 0.5) is 23.2 Å². The van der Waals surface area contributed by atoms with Crippen molar-refractivity contribution >= 4 is 17.5 Å². The molecule has 7 nitrogen and oxygen atoms in total. The van der Waals surface area contributed by atoms with Gasteiger partial charge in [0, 0.05) is 23.5 Å². The van der Waals surface area contributed by atoms with Crippen LogP contribution in [-0.2, 0) is 6.18 Å². The van der Waals surface area contributed by atoms with Crippen molar-refractivity contribution in [1.29, 1.82) is 0 Å². The third-order valence-electron chi connectivity index (χ3n) is 4.33. The van der Waals surface area contributed by atoms with Gasteiger partial charge in [0.25, 0.3) is 5.91 Å². The van der Waals surface area contributed by atoms with Crippen LogP contribution in [0.5, 0.6) is 17.4 Å². The van der Waals surface area contributed by atoms with Crippen molar-refractivity contribution in [1.82, 2.24) is 4.98 Å². The lowest BCUT2D eigenvalue weighted by atomic mass is 10.1. The molecule has 0 saturated carbocycles. The highest BCUT2D eigenvalue weighted by atomic mass is 19.4. The van der Waals surface area contributed by atoms with Gasteiger partial charge >= 0.3 is 6.18 Å². The van der Waals surface area contributed by atoms with E-state index in [0.29, 0.717) is 12.3 Å². The Balaban J connectivity index is 1.93. The Hall–Kier alpha value is -4.15. The number of rotatable bonds is 7. The van der Waals surface area contributed by atoms with Crippen LogP contribution in [0.3, 0.4) is 0 Å². The summed E-state index contributed by atoms with van der Waals surface area (Å²) in [6, 6.07) is 9.54. The van der Waals surface area contributed by atoms with Gasteiger partial charge in [-0.2, -0.15) is 13.2 Å². The molecule has 0 aliphatic carbocycles. The van der Waals surface area contributed by atoms with Crippen LogP contribution < -0.4 is 20.5 Å². The van der Waals surface area contributed by atoms with Crippen LogP contribution in [0.25, 0.3) is 0 Å². The molecule has 0 bridgehead atoms. The second-order valence-electron chi connectivity index (χ2n) is 7.33. The van der Waals surface area contributed by atoms with E-state index < -0.39 is 40.8 Å². The molecule has 0 aliphatic rings. The first kappa shape index (κ1) is 24.5. The van der Waals surface area contributed by atoms with Gasteiger partial charge in [-0.15, -0.1) is 0 Å². The summed E-state index contributed by atoms with van der Waals surface area (Å²) >= 11 is 0. The normalized spacial score (nSPS) is 11.3. The van der Waals surface area contributed by atoms with Gasteiger partial charge in [0.15, 0.2) is 11.6 Å². The minimum Gasteiger partial charge on any atom is -0.491 e. The summed E-state index contributed by atoms with van der Waals surface area (Å²) in [5.41, 5.74) is 3.71. The number of ether oxygens (including phenoxy) is 2. The molecule has 11 heteroatoms. The molecule has 178 valence electrons. The summed E-state index contributed by atoms with van der Waals surface area (Å²) in [5, 5.41) is 2.38. The predicted molar refractivity (Wildman–Crippen MR) is 114 cm³/mol. The van der Waals surface area contributed by atoms with Gasteiger partial charge in [-0.3, -0.25) is 9.59 Å². The number of alkyl halides is 3. The molecule has 0 aliphatic heterocycles. The number of primary amides is 1. The predicted octanol–water partition coefficient (Wildman–Crippen LogP) is 5.17. The zero-order valence-corrected chi connectivity index (χ0v) is 17.9. The van der Waals surface area contributed by atoms with Crippen molar-refractivity contribution in [2.24, 2.45) is 5.73 Å². The number of hydrogen-bond donors (Lipinski definition) is 2. The van der Waals surface area contributed by atoms with E-state index in [1.54, 1.807) is 13.8 Å². The number of aromatic nitrogens is 1. The van der Waals surface area contributed by atoms with E-state index in [1.807, 2.05) is 0 Å². The lowest BCUT2D eigenvalue weighted by molar-refractivity contribution is -0.137. The van der Waals surface area contributed by atoms with Crippen LogP contribution in [0.15, 0.2) is 54.7 Å². The van der Waals surface area contributed by atoms with E-state index in [2.05, 4.69) is 10.3 Å². The topological polar surface area (TPSA) is 104 Å². The SMILES string of the molecule is CC(C)Oc1ccc(Oc2ncc(C(F)(F)F)cc2C(=O)Nc2ccc(C(N)=O)cc2)c(F)c1. The van der Waals surface area contributed by atoms with Crippen molar-refractivity contribution < 1.29 is 36.6 Å². The molecule has 2 aromatic carbocycles. The summed E-state index contributed by atoms with van der Waals surface area (Å²) in [4.78, 5) is 27.5. The van der Waals surface area contributed by atoms with E-state index >= 15 is 0 Å². The number of amides is 2. The van der Waals surface area contributed by atoms with Gasteiger partial charge in [-0.05, 0) is 56.3 Å². The fourth-order valence-electron chi connectivity index (χ4n) is 2.78. The quantitative estimate of drug-likeness (QED) is 0.457. The lowest BCUT2D eigenvalue weighted by Gasteiger charge is -2.15. The molecule has 34 heavy (non-hydrogen) atoms. The molecule has 0 atom stereocenters. The molecule has 3 aromatic rings. The van der Waals surface area contributed by atoms with E-state index in [-0.39, 0.29) is 28.9 Å². The maximum absolute atomic E-state index is 14.5. The number of pyridine rings is 1. The fourth-order valence-corrected chi connectivity index (χ4v) is 2.78. The number of carbonyl (C=O) groups excluding carboxylic acids is 2. The van der Waals surface area contributed by atoms with Gasteiger partial charge in [0.2, 0.25) is 11.8 Å². The Kier molecular flexibility index (Phi) is 7.04. The Morgan fingerprint density at radius 2 is 1.74 bits per heavy atom. The first-order valence-electron chi connectivity index (χ1n) is 9.86. The Morgan fingerprint density at radius 3 is 2.29 bits per heavy atom. The molecule has 0 fully saturated rings. The highest BCUT2D eigenvalue weighted by molar-refractivity contribution is 6.06. The second kappa shape index (κ2) is 9.77. The molecule has 3 N–H and O–H groups in total. The van der Waals surface area contributed by atoms with Crippen molar-refractivity contribution in [3.8, 4) is 17.4 Å². The van der Waals surface area contributed by atoms with Crippen molar-refractivity contribution in [2.45, 2.75) is 26.1 Å². The second-order valence-corrected chi connectivity index (χ2v) is 7.33. The molecule has 0 saturated heterocycles. The molecule has 3 rings (SSSR count). The van der Waals surface area contributed by atoms with Crippen LogP contribution >= 0.6 is 0 Å². The van der Waals surface area contributed by atoms with E-state index in [9.17, 15) is 27.2 Å². The minimum atomic E-state index is -4.79. The van der Waals surface area contributed by atoms with Crippen LogP contribution in [-0.4, -0.2) is 22.9 Å². The van der Waals surface area contributed by atoms with Gasteiger partial charge in [-0.1, -0.05) is 0 Å². The maximum Gasteiger partial charge on any atom is 0.417 e. The van der Waals surface area contributed by atoms with Crippen LogP contribution in [0.1, 0.15) is 40.1 Å². The summed E-state index contributed by atoms with van der Waals surface area (Å²) in [6.07, 6.45) is -4.53. The zero-order valence-electron chi connectivity index (χ0n) is 17.9. The fraction of sp³-hybridized carbons (Fsp3) is 0.174. The summed E-state index contributed by atoms with van der Waals surface area (Å²) in [7, 11) is 0. The monoisotopic (exact) mass is 477 g/mol. The molecular weight excluding hydrogens is 458 g/mol. The van der Waals surface area contributed by atoms with Crippen LogP contribution in [0.2, 0.25) is 0 Å². The number of anilines is 1. The molecular formula is C23H19F4N3O4. The molecule has 2 amide bonds. The first-order valence-corrected chi connectivity index (χ1v) is 9.86. The number of carbonyl (C=O) groups is 2. The summed E-state index contributed by atoms with van der Waals surface area (Å²) in [6.45, 7) is 3.50. The van der Waals surface area contributed by atoms with Crippen molar-refractivity contribution in [3.63, 3.8) is 0 Å². The van der Waals surface area contributed by atoms with Gasteiger partial charge < -0.3 is 20.5 Å². The van der Waals surface area contributed by atoms with E-state index in [1.165, 1.54) is 36.4 Å². The molecule has 1 aromatic heterocycles. The maximum atomic E-state index is 14.5. The minimum absolute atomic E-state index is 0.166. The standard InChI is InChI=1S/C23H19F4N3O4/c1-12(2)33-16-7-8-19(18(24)10-16)34-22-17(9-14(11-29-22)23(25,26)27)21(32)30-15-5-3-13(4-6-15)20(28)31/h3-12H,1-2H3,(H2,28,31)(H,30,32). The largest absolute Gasteiger partial charge is 0.491 e. The smallest absolute Gasteiger partial charge is 0.417 e. The van der Waals surface area contributed by atoms with E-state index in [4.69, 9.17) is 15.2 Å². The van der Waals surface area contributed by atoms with E-state index in [0.717, 1.165) is 6.07 Å². The third kappa shape index (κ3) is 6.00. The first-order chi connectivity index (χ1) is 15.9. The summed E-state index contributed by atoms with van der Waals surface area (Å²) < 4.78 is 64.9. The van der Waals surface area contributed by atoms with Crippen molar-refractivity contribution in [2.75, 3.05) is 5.32 Å². The highest BCUT2D eigenvalue weighted by Gasteiger charge is 2.33. The number of benzene rings is 2. The van der Waals surface area contributed by atoms with Gasteiger partial charge in [0.05, 0.1) is 11.7 Å². The number of hydrogen-bond acceptors (Lipinski definition) is 5. The number of nitrogens with one attached hydrogen (secondary N) is 1. The zero-order chi connectivity index (χ0) is 25.0. The van der Waals surface area contributed by atoms with Crippen LogP contribution in [0, 0.1) is 5.82 Å². The highest BCUT2D eigenvalue weighted by Crippen LogP contribution is 2.34. The number of nitrogens with zero attached hydrogens (tertiary/aromatic N) is 1. The third-order valence-corrected chi connectivity index (χ3v) is 4.33. The number of nitrogens with two attached hydrogens (primary N) is 1. The summed E-state index contributed by atoms with van der Waals surface area (Å²) in [5.74, 6) is -3.26.